The van der Waals surface area contributed by atoms with Gasteiger partial charge in [-0.25, -0.2) is 8.78 Å². The minimum atomic E-state index is -0.849. The number of carbonyl (C=O) groups is 1. The smallest absolute Gasteiger partial charge is 0.259 e. The molecule has 3 aromatic rings. The number of anilines is 1. The first-order valence-electron chi connectivity index (χ1n) is 9.11. The van der Waals surface area contributed by atoms with E-state index in [0.717, 1.165) is 17.7 Å². The van der Waals surface area contributed by atoms with Gasteiger partial charge in [-0.2, -0.15) is 0 Å². The first kappa shape index (κ1) is 19.3. The maximum Gasteiger partial charge on any atom is 0.259 e. The zero-order chi connectivity index (χ0) is 20.4. The molecule has 0 saturated carbocycles. The standard InChI is InChI=1S/C21H17ClF2N4O/c22-15-5-2-1-4-14(15)18-8-9-19(26-25-18)27-10-12-28(13-11-27)21(29)20-16(23)6-3-7-17(20)24/h1-9H,10-13H2. The summed E-state index contributed by atoms with van der Waals surface area (Å²) >= 11 is 6.20. The van der Waals surface area contributed by atoms with E-state index >= 15 is 0 Å². The number of benzene rings is 2. The Kier molecular flexibility index (Phi) is 5.40. The number of hydrogen-bond acceptors (Lipinski definition) is 4. The number of carbonyl (C=O) groups excluding carboxylic acids is 1. The second-order valence-corrected chi connectivity index (χ2v) is 7.04. The summed E-state index contributed by atoms with van der Waals surface area (Å²) in [6.07, 6.45) is 0. The van der Waals surface area contributed by atoms with Crippen molar-refractivity contribution >= 4 is 23.3 Å². The minimum Gasteiger partial charge on any atom is -0.352 e. The van der Waals surface area contributed by atoms with Crippen LogP contribution in [-0.2, 0) is 0 Å². The summed E-state index contributed by atoms with van der Waals surface area (Å²) in [4.78, 5) is 15.9. The maximum atomic E-state index is 13.9. The summed E-state index contributed by atoms with van der Waals surface area (Å²) in [5.41, 5.74) is 0.962. The Morgan fingerprint density at radius 2 is 1.55 bits per heavy atom. The van der Waals surface area contributed by atoms with Gasteiger partial charge >= 0.3 is 0 Å². The summed E-state index contributed by atoms with van der Waals surface area (Å²) in [7, 11) is 0. The molecule has 0 aliphatic carbocycles. The van der Waals surface area contributed by atoms with Crippen molar-refractivity contribution in [1.29, 1.82) is 0 Å². The molecular weight excluding hydrogens is 398 g/mol. The van der Waals surface area contributed by atoms with Crippen molar-refractivity contribution in [3.05, 3.63) is 76.8 Å². The van der Waals surface area contributed by atoms with Gasteiger partial charge < -0.3 is 9.80 Å². The van der Waals surface area contributed by atoms with E-state index in [-0.39, 0.29) is 0 Å². The summed E-state index contributed by atoms with van der Waals surface area (Å²) in [6.45, 7) is 1.64. The Hall–Kier alpha value is -3.06. The van der Waals surface area contributed by atoms with E-state index in [1.54, 1.807) is 6.07 Å². The van der Waals surface area contributed by atoms with Crippen LogP contribution in [0.5, 0.6) is 0 Å². The third kappa shape index (κ3) is 3.91. The van der Waals surface area contributed by atoms with Gasteiger partial charge in [0, 0.05) is 31.7 Å². The van der Waals surface area contributed by atoms with Gasteiger partial charge in [-0.3, -0.25) is 4.79 Å². The van der Waals surface area contributed by atoms with E-state index in [1.807, 2.05) is 35.2 Å². The van der Waals surface area contributed by atoms with E-state index < -0.39 is 23.1 Å². The second kappa shape index (κ2) is 8.13. The molecule has 0 atom stereocenters. The van der Waals surface area contributed by atoms with Crippen molar-refractivity contribution in [3.63, 3.8) is 0 Å². The molecule has 5 nitrogen and oxygen atoms in total. The van der Waals surface area contributed by atoms with Gasteiger partial charge in [0.05, 0.1) is 10.7 Å². The fourth-order valence-electron chi connectivity index (χ4n) is 3.31. The molecule has 2 aromatic carbocycles. The van der Waals surface area contributed by atoms with Crippen molar-refractivity contribution in [2.75, 3.05) is 31.1 Å². The average Bonchev–Trinajstić information content (AvgIpc) is 2.74. The molecule has 4 rings (SSSR count). The molecule has 1 amide bonds. The van der Waals surface area contributed by atoms with Crippen molar-refractivity contribution in [1.82, 2.24) is 15.1 Å². The van der Waals surface area contributed by atoms with Gasteiger partial charge in [0.2, 0.25) is 0 Å². The van der Waals surface area contributed by atoms with Crippen LogP contribution in [0.4, 0.5) is 14.6 Å². The molecule has 1 fully saturated rings. The van der Waals surface area contributed by atoms with Crippen LogP contribution in [0, 0.1) is 11.6 Å². The largest absolute Gasteiger partial charge is 0.352 e. The molecule has 1 aliphatic rings. The number of halogens is 3. The molecule has 2 heterocycles. The van der Waals surface area contributed by atoms with Gasteiger partial charge in [0.1, 0.15) is 17.2 Å². The number of aromatic nitrogens is 2. The highest BCUT2D eigenvalue weighted by atomic mass is 35.5. The lowest BCUT2D eigenvalue weighted by molar-refractivity contribution is 0.0736. The lowest BCUT2D eigenvalue weighted by Gasteiger charge is -2.35. The molecule has 1 aromatic heterocycles. The normalized spacial score (nSPS) is 14.2. The molecule has 0 bridgehead atoms. The van der Waals surface area contributed by atoms with Crippen LogP contribution < -0.4 is 4.90 Å². The lowest BCUT2D eigenvalue weighted by atomic mass is 10.1. The molecule has 0 N–H and O–H groups in total. The third-order valence-corrected chi connectivity index (χ3v) is 5.20. The molecule has 0 radical (unpaired) electrons. The zero-order valence-electron chi connectivity index (χ0n) is 15.4. The van der Waals surface area contributed by atoms with Gasteiger partial charge in [-0.1, -0.05) is 35.9 Å². The third-order valence-electron chi connectivity index (χ3n) is 4.87. The molecule has 1 aliphatic heterocycles. The van der Waals surface area contributed by atoms with Crippen LogP contribution in [0.3, 0.4) is 0 Å². The number of rotatable bonds is 3. The van der Waals surface area contributed by atoms with Gasteiger partial charge in [0.25, 0.3) is 5.91 Å². The quantitative estimate of drug-likeness (QED) is 0.649. The highest BCUT2D eigenvalue weighted by Gasteiger charge is 2.27. The van der Waals surface area contributed by atoms with E-state index in [4.69, 9.17) is 11.6 Å². The fourth-order valence-corrected chi connectivity index (χ4v) is 3.54. The Labute approximate surface area is 171 Å². The fraction of sp³-hybridized carbons (Fsp3) is 0.190. The van der Waals surface area contributed by atoms with Crippen LogP contribution in [0.1, 0.15) is 10.4 Å². The Bertz CT molecular complexity index is 1020. The Balaban J connectivity index is 1.43. The summed E-state index contributed by atoms with van der Waals surface area (Å²) in [5, 5.41) is 9.12. The van der Waals surface area contributed by atoms with Crippen molar-refractivity contribution in [2.24, 2.45) is 0 Å². The van der Waals surface area contributed by atoms with Crippen molar-refractivity contribution in [3.8, 4) is 11.3 Å². The lowest BCUT2D eigenvalue weighted by Crippen LogP contribution is -2.49. The predicted molar refractivity (Wildman–Crippen MR) is 107 cm³/mol. The monoisotopic (exact) mass is 414 g/mol. The van der Waals surface area contributed by atoms with Crippen molar-refractivity contribution in [2.45, 2.75) is 0 Å². The van der Waals surface area contributed by atoms with E-state index in [9.17, 15) is 13.6 Å². The first-order valence-corrected chi connectivity index (χ1v) is 9.49. The highest BCUT2D eigenvalue weighted by molar-refractivity contribution is 6.33. The molecule has 148 valence electrons. The zero-order valence-corrected chi connectivity index (χ0v) is 16.1. The van der Waals surface area contributed by atoms with Crippen LogP contribution in [-0.4, -0.2) is 47.2 Å². The number of nitrogens with zero attached hydrogens (tertiary/aromatic N) is 4. The van der Waals surface area contributed by atoms with Crippen LogP contribution in [0.15, 0.2) is 54.6 Å². The van der Waals surface area contributed by atoms with Crippen LogP contribution in [0.2, 0.25) is 5.02 Å². The first-order chi connectivity index (χ1) is 14.0. The maximum absolute atomic E-state index is 13.9. The van der Waals surface area contributed by atoms with Crippen LogP contribution in [0.25, 0.3) is 11.3 Å². The van der Waals surface area contributed by atoms with E-state index in [2.05, 4.69) is 10.2 Å². The number of hydrogen-bond donors (Lipinski definition) is 0. The molecule has 29 heavy (non-hydrogen) atoms. The van der Waals surface area contributed by atoms with Crippen LogP contribution >= 0.6 is 11.6 Å². The molecule has 0 unspecified atom stereocenters. The molecule has 0 spiro atoms. The topological polar surface area (TPSA) is 49.3 Å². The molecule has 1 saturated heterocycles. The minimum absolute atomic E-state index is 0.334. The number of piperazine rings is 1. The SMILES string of the molecule is O=C(c1c(F)cccc1F)N1CCN(c2ccc(-c3ccccc3Cl)nn2)CC1. The predicted octanol–water partition coefficient (Wildman–Crippen LogP) is 4.04. The highest BCUT2D eigenvalue weighted by Crippen LogP contribution is 2.26. The van der Waals surface area contributed by atoms with Crippen molar-refractivity contribution < 1.29 is 13.6 Å². The second-order valence-electron chi connectivity index (χ2n) is 6.63. The van der Waals surface area contributed by atoms with Gasteiger partial charge in [-0.05, 0) is 30.3 Å². The summed E-state index contributed by atoms with van der Waals surface area (Å²) in [6, 6.07) is 14.5. The molecule has 8 heteroatoms. The summed E-state index contributed by atoms with van der Waals surface area (Å²) in [5.74, 6) is -1.66. The van der Waals surface area contributed by atoms with E-state index in [0.29, 0.717) is 42.7 Å². The Morgan fingerprint density at radius 3 is 2.17 bits per heavy atom. The van der Waals surface area contributed by atoms with Gasteiger partial charge in [0.15, 0.2) is 5.82 Å². The van der Waals surface area contributed by atoms with E-state index in [1.165, 1.54) is 11.0 Å². The number of amides is 1. The van der Waals surface area contributed by atoms with Gasteiger partial charge in [-0.15, -0.1) is 10.2 Å². The Morgan fingerprint density at radius 1 is 0.862 bits per heavy atom. The summed E-state index contributed by atoms with van der Waals surface area (Å²) < 4.78 is 27.8. The molecular formula is C21H17ClF2N4O. The average molecular weight is 415 g/mol.